The highest BCUT2D eigenvalue weighted by atomic mass is 35.5. The van der Waals surface area contributed by atoms with E-state index in [1.807, 2.05) is 0 Å². The zero-order chi connectivity index (χ0) is 26.2. The summed E-state index contributed by atoms with van der Waals surface area (Å²) >= 11 is 5.82. The van der Waals surface area contributed by atoms with Crippen molar-refractivity contribution < 1.29 is 31.1 Å². The maximum atomic E-state index is 13.1. The number of nitrogens with zero attached hydrogens (tertiary/aromatic N) is 3. The second kappa shape index (κ2) is 9.52. The Morgan fingerprint density at radius 3 is 2.14 bits per heavy atom. The van der Waals surface area contributed by atoms with Crippen LogP contribution in [0.2, 0.25) is 5.02 Å². The first-order valence-electron chi connectivity index (χ1n) is 10.3. The van der Waals surface area contributed by atoms with Crippen LogP contribution in [0.3, 0.4) is 0 Å². The largest absolute Gasteiger partial charge is 0.416 e. The van der Waals surface area contributed by atoms with Gasteiger partial charge in [0.2, 0.25) is 0 Å². The van der Waals surface area contributed by atoms with E-state index in [1.165, 1.54) is 36.4 Å². The van der Waals surface area contributed by atoms with Crippen LogP contribution in [-0.2, 0) is 29.5 Å². The predicted molar refractivity (Wildman–Crippen MR) is 117 cm³/mol. The van der Waals surface area contributed by atoms with E-state index in [2.05, 4.69) is 5.10 Å². The summed E-state index contributed by atoms with van der Waals surface area (Å²) in [5.41, 5.74) is -2.62. The highest BCUT2D eigenvalue weighted by Crippen LogP contribution is 2.34. The van der Waals surface area contributed by atoms with E-state index in [1.54, 1.807) is 13.8 Å². The van der Waals surface area contributed by atoms with Gasteiger partial charge in [0.25, 0.3) is 0 Å². The van der Waals surface area contributed by atoms with Crippen LogP contribution in [-0.4, -0.2) is 26.3 Å². The van der Waals surface area contributed by atoms with Crippen molar-refractivity contribution in [2.45, 2.75) is 51.1 Å². The number of carbonyl (C=O) groups excluding carboxylic acids is 1. The highest BCUT2D eigenvalue weighted by molar-refractivity contribution is 6.30. The standard InChI is InChI=1S/C23H20ClF6N3O2/c1-21(2,15-4-3-5-16(10-15)23(28,29)30)11-18(34)12-33-20(35)32(13-22(25,26)27)19(31-33)14-6-8-17(24)9-7-14/h3-10H,11-13H2,1-2H3. The zero-order valence-corrected chi connectivity index (χ0v) is 19.3. The lowest BCUT2D eigenvalue weighted by molar-refractivity contribution is -0.141. The van der Waals surface area contributed by atoms with Crippen LogP contribution >= 0.6 is 11.6 Å². The fraction of sp³-hybridized carbons (Fsp3) is 0.348. The van der Waals surface area contributed by atoms with Gasteiger partial charge >= 0.3 is 18.0 Å². The second-order valence-electron chi connectivity index (χ2n) is 8.65. The Kier molecular flexibility index (Phi) is 7.21. The SMILES string of the molecule is CC(C)(CC(=O)Cn1nc(-c2ccc(Cl)cc2)n(CC(F)(F)F)c1=O)c1cccc(C(F)(F)F)c1. The molecule has 3 aromatic rings. The molecule has 0 unspecified atom stereocenters. The number of rotatable bonds is 7. The summed E-state index contributed by atoms with van der Waals surface area (Å²) in [6.45, 7) is 0.857. The third-order valence-electron chi connectivity index (χ3n) is 5.30. The molecule has 0 radical (unpaired) electrons. The van der Waals surface area contributed by atoms with E-state index in [4.69, 9.17) is 11.6 Å². The molecule has 188 valence electrons. The quantitative estimate of drug-likeness (QED) is 0.366. The number of hydrogen-bond acceptors (Lipinski definition) is 3. The summed E-state index contributed by atoms with van der Waals surface area (Å²) in [4.78, 5) is 25.4. The molecule has 0 fully saturated rings. The highest BCUT2D eigenvalue weighted by Gasteiger charge is 2.34. The Bertz CT molecular complexity index is 1270. The third kappa shape index (κ3) is 6.53. The van der Waals surface area contributed by atoms with Gasteiger partial charge in [0, 0.05) is 17.0 Å². The van der Waals surface area contributed by atoms with Crippen LogP contribution in [0.1, 0.15) is 31.4 Å². The average Bonchev–Trinajstić information content (AvgIpc) is 3.01. The van der Waals surface area contributed by atoms with E-state index in [9.17, 15) is 35.9 Å². The number of alkyl halides is 6. The number of ketones is 1. The molecule has 1 heterocycles. The van der Waals surface area contributed by atoms with Gasteiger partial charge in [-0.2, -0.15) is 26.3 Å². The lowest BCUT2D eigenvalue weighted by Gasteiger charge is -2.25. The van der Waals surface area contributed by atoms with E-state index in [0.717, 1.165) is 12.1 Å². The summed E-state index contributed by atoms with van der Waals surface area (Å²) in [7, 11) is 0. The first-order valence-corrected chi connectivity index (χ1v) is 10.6. The lowest BCUT2D eigenvalue weighted by Crippen LogP contribution is -2.33. The normalized spacial score (nSPS) is 12.7. The van der Waals surface area contributed by atoms with Gasteiger partial charge in [-0.1, -0.05) is 43.6 Å². The van der Waals surface area contributed by atoms with E-state index >= 15 is 0 Å². The molecule has 0 atom stereocenters. The second-order valence-corrected chi connectivity index (χ2v) is 9.09. The van der Waals surface area contributed by atoms with Crippen molar-refractivity contribution in [3.63, 3.8) is 0 Å². The van der Waals surface area contributed by atoms with Crippen molar-refractivity contribution in [3.05, 3.63) is 75.2 Å². The van der Waals surface area contributed by atoms with Gasteiger partial charge in [-0.15, -0.1) is 5.10 Å². The number of Topliss-reactive ketones (excluding diaryl/α,β-unsaturated/α-hetero) is 1. The van der Waals surface area contributed by atoms with Crippen LogP contribution in [0.25, 0.3) is 11.4 Å². The molecule has 0 N–H and O–H groups in total. The molecular weight excluding hydrogens is 500 g/mol. The Hall–Kier alpha value is -3.08. The van der Waals surface area contributed by atoms with Gasteiger partial charge in [0.05, 0.1) is 5.56 Å². The monoisotopic (exact) mass is 519 g/mol. The van der Waals surface area contributed by atoms with Gasteiger partial charge < -0.3 is 0 Å². The number of benzene rings is 2. The van der Waals surface area contributed by atoms with Crippen molar-refractivity contribution in [2.75, 3.05) is 0 Å². The minimum Gasteiger partial charge on any atom is -0.298 e. The van der Waals surface area contributed by atoms with Crippen LogP contribution in [0.4, 0.5) is 26.3 Å². The molecule has 0 amide bonds. The van der Waals surface area contributed by atoms with Crippen LogP contribution in [0.5, 0.6) is 0 Å². The van der Waals surface area contributed by atoms with Crippen LogP contribution in [0, 0.1) is 0 Å². The minimum absolute atomic E-state index is 0.186. The van der Waals surface area contributed by atoms with Crippen LogP contribution < -0.4 is 5.69 Å². The first-order chi connectivity index (χ1) is 16.1. The minimum atomic E-state index is -4.73. The molecule has 12 heteroatoms. The molecule has 0 aliphatic carbocycles. The van der Waals surface area contributed by atoms with Gasteiger partial charge in [-0.05, 0) is 41.3 Å². The van der Waals surface area contributed by atoms with Crippen molar-refractivity contribution in [1.82, 2.24) is 14.3 Å². The Balaban J connectivity index is 1.89. The molecule has 5 nitrogen and oxygen atoms in total. The van der Waals surface area contributed by atoms with Crippen molar-refractivity contribution >= 4 is 17.4 Å². The van der Waals surface area contributed by atoms with Gasteiger partial charge in [0.1, 0.15) is 13.1 Å². The maximum Gasteiger partial charge on any atom is 0.416 e. The smallest absolute Gasteiger partial charge is 0.298 e. The number of halogens is 7. The lowest BCUT2D eigenvalue weighted by atomic mass is 9.79. The van der Waals surface area contributed by atoms with Crippen molar-refractivity contribution in [1.29, 1.82) is 0 Å². The first kappa shape index (κ1) is 26.5. The van der Waals surface area contributed by atoms with Gasteiger partial charge in [-0.25, -0.2) is 9.48 Å². The van der Waals surface area contributed by atoms with E-state index in [-0.39, 0.29) is 23.4 Å². The molecule has 0 bridgehead atoms. The molecule has 0 saturated heterocycles. The molecule has 0 spiro atoms. The average molecular weight is 520 g/mol. The summed E-state index contributed by atoms with van der Waals surface area (Å²) in [6.07, 6.45) is -9.57. The summed E-state index contributed by atoms with van der Waals surface area (Å²) in [6, 6.07) is 10.1. The molecule has 0 aliphatic heterocycles. The van der Waals surface area contributed by atoms with E-state index < -0.39 is 47.9 Å². The molecule has 1 aromatic heterocycles. The molecule has 0 saturated carbocycles. The van der Waals surface area contributed by atoms with Crippen molar-refractivity contribution in [2.24, 2.45) is 0 Å². The molecular formula is C23H20ClF6N3O2. The summed E-state index contributed by atoms with van der Waals surface area (Å²) in [5, 5.41) is 4.26. The Morgan fingerprint density at radius 1 is 0.971 bits per heavy atom. The third-order valence-corrected chi connectivity index (χ3v) is 5.55. The maximum absolute atomic E-state index is 13.1. The van der Waals surface area contributed by atoms with Gasteiger partial charge in [-0.3, -0.25) is 9.36 Å². The number of carbonyl (C=O) groups is 1. The Labute approximate surface area is 200 Å². The number of aromatic nitrogens is 3. The fourth-order valence-electron chi connectivity index (χ4n) is 3.61. The summed E-state index contributed by atoms with van der Waals surface area (Å²) < 4.78 is 79.6. The Morgan fingerprint density at radius 2 is 1.57 bits per heavy atom. The molecule has 35 heavy (non-hydrogen) atoms. The zero-order valence-electron chi connectivity index (χ0n) is 18.5. The van der Waals surface area contributed by atoms with Crippen LogP contribution in [0.15, 0.2) is 53.3 Å². The summed E-state index contributed by atoms with van der Waals surface area (Å²) in [5.74, 6) is -0.886. The van der Waals surface area contributed by atoms with Crippen molar-refractivity contribution in [3.8, 4) is 11.4 Å². The topological polar surface area (TPSA) is 56.9 Å². The molecule has 0 aliphatic rings. The molecule has 3 rings (SSSR count). The number of hydrogen-bond donors (Lipinski definition) is 0. The van der Waals surface area contributed by atoms with Gasteiger partial charge in [0.15, 0.2) is 11.6 Å². The predicted octanol–water partition coefficient (Wildman–Crippen LogP) is 5.88. The molecule has 2 aromatic carbocycles. The fourth-order valence-corrected chi connectivity index (χ4v) is 3.74. The van der Waals surface area contributed by atoms with E-state index in [0.29, 0.717) is 14.3 Å².